The number of hydrogen-bond donors (Lipinski definition) is 2. The van der Waals surface area contributed by atoms with Crippen LogP contribution in [0.3, 0.4) is 0 Å². The zero-order chi connectivity index (χ0) is 84.6. The lowest BCUT2D eigenvalue weighted by molar-refractivity contribution is 0.425. The van der Waals surface area contributed by atoms with Crippen molar-refractivity contribution in [1.82, 2.24) is 0 Å². The van der Waals surface area contributed by atoms with Gasteiger partial charge in [-0.15, -0.1) is 0 Å². The minimum Gasteiger partial charge on any atom is -0.423 e. The van der Waals surface area contributed by atoms with Crippen molar-refractivity contribution in [2.75, 3.05) is 0 Å². The fourth-order valence-corrected chi connectivity index (χ4v) is 24.9. The van der Waals surface area contributed by atoms with E-state index in [0.717, 1.165) is 5.56 Å². The molecule has 0 unspecified atom stereocenters. The molecule has 121 heavy (non-hydrogen) atoms. The predicted molar refractivity (Wildman–Crippen MR) is 525 cm³/mol. The van der Waals surface area contributed by atoms with E-state index < -0.39 is 7.12 Å². The molecule has 23 rings (SSSR count). The normalized spacial score (nSPS) is 16.0. The molecule has 0 radical (unpaired) electrons. The van der Waals surface area contributed by atoms with Gasteiger partial charge in [-0.1, -0.05) is 352 Å². The first-order valence-corrected chi connectivity index (χ1v) is 45.7. The van der Waals surface area contributed by atoms with Gasteiger partial charge in [0.2, 0.25) is 0 Å². The summed E-state index contributed by atoms with van der Waals surface area (Å²) in [7, 11) is -1.45. The van der Waals surface area contributed by atoms with Crippen LogP contribution < -0.4 is 5.46 Å². The zero-order valence-electron chi connectivity index (χ0n) is 73.6. The number of rotatable bonds is 7. The van der Waals surface area contributed by atoms with Gasteiger partial charge in [-0.25, -0.2) is 0 Å². The number of halogens is 2. The minimum absolute atomic E-state index is 0.0156. The Bertz CT molecular complexity index is 7040. The Balaban J connectivity index is 0.000000143. The molecule has 17 aromatic carbocycles. The highest BCUT2D eigenvalue weighted by molar-refractivity contribution is 9.11. The van der Waals surface area contributed by atoms with Crippen molar-refractivity contribution in [2.45, 2.75) is 195 Å². The fourth-order valence-electron chi connectivity index (χ4n) is 23.7. The van der Waals surface area contributed by atoms with Gasteiger partial charge in [0.25, 0.3) is 0 Å². The maximum atomic E-state index is 9.64. The monoisotopic (exact) mass is 1700 g/mol. The highest BCUT2D eigenvalue weighted by Gasteiger charge is 2.46. The first-order chi connectivity index (χ1) is 57.5. The minimum atomic E-state index is -1.45. The molecule has 0 spiro atoms. The summed E-state index contributed by atoms with van der Waals surface area (Å²) in [6, 6.07) is 91.0. The maximum absolute atomic E-state index is 9.64. The molecular formula is C116H105BBr2O2. The average molecular weight is 1700 g/mol. The van der Waals surface area contributed by atoms with E-state index in [9.17, 15) is 10.0 Å². The third kappa shape index (κ3) is 10.9. The van der Waals surface area contributed by atoms with Gasteiger partial charge in [-0.05, 0) is 326 Å². The summed E-state index contributed by atoms with van der Waals surface area (Å²) in [6.07, 6.45) is 0. The average Bonchev–Trinajstić information content (AvgIpc) is 1.70. The molecule has 6 aliphatic rings. The summed E-state index contributed by atoms with van der Waals surface area (Å²) in [4.78, 5) is 0. The molecule has 2 N–H and O–H groups in total. The van der Waals surface area contributed by atoms with E-state index in [1.807, 2.05) is 18.2 Å². The Morgan fingerprint density at radius 2 is 0.455 bits per heavy atom. The van der Waals surface area contributed by atoms with E-state index in [-0.39, 0.29) is 32.5 Å². The van der Waals surface area contributed by atoms with Crippen LogP contribution in [0.4, 0.5) is 0 Å². The van der Waals surface area contributed by atoms with Crippen LogP contribution in [-0.2, 0) is 32.5 Å². The van der Waals surface area contributed by atoms with E-state index in [2.05, 4.69) is 389 Å². The van der Waals surface area contributed by atoms with E-state index in [0.29, 0.717) is 29.1 Å². The van der Waals surface area contributed by atoms with Crippen LogP contribution in [0, 0.1) is 0 Å². The second-order valence-corrected chi connectivity index (χ2v) is 42.3. The SMILES string of the molecule is CC(C)c1cc(-c2ccc3c(c2)-c2cc4c(cc2C3(C)C)C(C)(C)c2ccccc2-4)c2ccc3c(C(C)C)cc(-c4ccc5c(c4)-c4cc6c(cc4C5(C)C)C(C)(C)c4ccccc4-6)c4ccc1c2c43.CC(C)c1cc(Br)c2ccc3c(C(C)C)cc(Br)c4ccc1c2c43.CC1(C)c2ccccc2-c2cc3c(cc21)C(C)(C)c1ccc(B(O)O)cc1-3. The lowest BCUT2D eigenvalue weighted by Crippen LogP contribution is -2.30. The third-order valence-electron chi connectivity index (χ3n) is 30.4. The molecule has 0 aromatic heterocycles. The fraction of sp³-hybridized carbons (Fsp3) is 0.259. The summed E-state index contributed by atoms with van der Waals surface area (Å²) < 4.78 is 2.39. The van der Waals surface area contributed by atoms with Crippen LogP contribution in [0.25, 0.3) is 154 Å². The van der Waals surface area contributed by atoms with E-state index in [1.165, 1.54) is 246 Å². The number of hydrogen-bond acceptors (Lipinski definition) is 2. The Kier molecular flexibility index (Phi) is 17.2. The van der Waals surface area contributed by atoms with Crippen molar-refractivity contribution in [2.24, 2.45) is 0 Å². The van der Waals surface area contributed by atoms with Gasteiger partial charge in [0, 0.05) is 41.4 Å². The molecule has 0 aliphatic heterocycles. The van der Waals surface area contributed by atoms with Crippen LogP contribution in [0.2, 0.25) is 0 Å². The Morgan fingerprint density at radius 3 is 0.760 bits per heavy atom. The summed E-state index contributed by atoms with van der Waals surface area (Å²) >= 11 is 7.63. The van der Waals surface area contributed by atoms with Gasteiger partial charge in [0.1, 0.15) is 0 Å². The van der Waals surface area contributed by atoms with E-state index >= 15 is 0 Å². The van der Waals surface area contributed by atoms with Crippen molar-refractivity contribution in [3.8, 4) is 89.0 Å². The highest BCUT2D eigenvalue weighted by atomic mass is 79.9. The second kappa shape index (κ2) is 26.6. The standard InChI is InChI=1S/C70H62.C24H23BO2.C22H20Br2/c1-37(2)47-31-49(39-21-27-59-51(29-39)55-33-53-41-17-13-15-19-57(41)67(5,6)61(53)35-63(55)69(59,9)10)45-26-24-44-48(38(3)4)32-50(46-25-23-43(47)65(45)66(44)46)40-22-28-60-52(30-40)56-34-54-42-18-14-16-20-58(42)68(7,8)62(54)36-64(56)70(60,11)12;1-23(2)19-8-6-5-7-15(19)17-12-18-16-11-14(25(26)27)9-10-20(16)24(3,4)22(18)13-21(17)23;1-11(2)17-9-19(23)15-8-6-14-18(12(3)4)10-20(24)16-7-5-13(17)21(15)22(14)16/h13-38H,1-12H3;5-13,26-27H,1-4H3;5-12H,1-4H3. The van der Waals surface area contributed by atoms with Crippen molar-refractivity contribution >= 4 is 109 Å². The smallest absolute Gasteiger partial charge is 0.423 e. The van der Waals surface area contributed by atoms with Gasteiger partial charge >= 0.3 is 7.12 Å². The largest absolute Gasteiger partial charge is 0.488 e. The highest BCUT2D eigenvalue weighted by Crippen LogP contribution is 2.62. The van der Waals surface area contributed by atoms with Gasteiger partial charge in [-0.3, -0.25) is 0 Å². The van der Waals surface area contributed by atoms with Crippen molar-refractivity contribution < 1.29 is 10.0 Å². The van der Waals surface area contributed by atoms with Gasteiger partial charge in [0.15, 0.2) is 0 Å². The van der Waals surface area contributed by atoms with Crippen molar-refractivity contribution in [1.29, 1.82) is 0 Å². The van der Waals surface area contributed by atoms with Crippen LogP contribution in [0.5, 0.6) is 0 Å². The second-order valence-electron chi connectivity index (χ2n) is 40.6. The third-order valence-corrected chi connectivity index (χ3v) is 31.7. The molecule has 0 fully saturated rings. The van der Waals surface area contributed by atoms with Crippen LogP contribution in [0.1, 0.15) is 251 Å². The molecule has 0 heterocycles. The first kappa shape index (κ1) is 78.0. The lowest BCUT2D eigenvalue weighted by Gasteiger charge is -2.26. The summed E-state index contributed by atoms with van der Waals surface area (Å²) in [5.74, 6) is 1.70. The van der Waals surface area contributed by atoms with E-state index in [4.69, 9.17) is 0 Å². The zero-order valence-corrected chi connectivity index (χ0v) is 76.7. The molecule has 17 aromatic rings. The molecule has 0 bridgehead atoms. The molecule has 0 saturated carbocycles. The molecule has 0 amide bonds. The molecule has 5 heteroatoms. The quantitative estimate of drug-likeness (QED) is 0.123. The molecule has 2 nitrogen and oxygen atoms in total. The van der Waals surface area contributed by atoms with Crippen LogP contribution in [0.15, 0.2) is 246 Å². The Labute approximate surface area is 731 Å². The first-order valence-electron chi connectivity index (χ1n) is 44.1. The molecule has 598 valence electrons. The van der Waals surface area contributed by atoms with Crippen molar-refractivity contribution in [3.05, 3.63) is 335 Å². The molecular weight excluding hydrogens is 1600 g/mol. The van der Waals surface area contributed by atoms with Crippen molar-refractivity contribution in [3.63, 3.8) is 0 Å². The Hall–Kier alpha value is -10.2. The molecule has 0 atom stereocenters. The predicted octanol–water partition coefficient (Wildman–Crippen LogP) is 31.7. The van der Waals surface area contributed by atoms with Crippen LogP contribution in [-0.4, -0.2) is 17.2 Å². The number of benzene rings is 17. The number of fused-ring (bicyclic) bond motifs is 18. The van der Waals surface area contributed by atoms with Gasteiger partial charge in [0.05, 0.1) is 0 Å². The summed E-state index contributed by atoms with van der Waals surface area (Å²) in [6.45, 7) is 47.1. The maximum Gasteiger partial charge on any atom is 0.488 e. The van der Waals surface area contributed by atoms with Gasteiger partial charge < -0.3 is 10.0 Å². The summed E-state index contributed by atoms with van der Waals surface area (Å²) in [5.41, 5.74) is 43.9. The Morgan fingerprint density at radius 1 is 0.215 bits per heavy atom. The van der Waals surface area contributed by atoms with Crippen LogP contribution >= 0.6 is 31.9 Å². The van der Waals surface area contributed by atoms with E-state index in [1.54, 1.807) is 0 Å². The molecule has 6 aliphatic carbocycles. The topological polar surface area (TPSA) is 40.5 Å². The van der Waals surface area contributed by atoms with Gasteiger partial charge in [-0.2, -0.15) is 0 Å². The lowest BCUT2D eigenvalue weighted by atomic mass is 9.76. The molecule has 0 saturated heterocycles. The summed E-state index contributed by atoms with van der Waals surface area (Å²) in [5, 5.41) is 35.7.